The molecule has 0 radical (unpaired) electrons. The summed E-state index contributed by atoms with van der Waals surface area (Å²) in [7, 11) is 0. The van der Waals surface area contributed by atoms with Gasteiger partial charge in [0.2, 0.25) is 5.88 Å². The molecule has 5 heteroatoms. The highest BCUT2D eigenvalue weighted by Gasteiger charge is 2.28. The Kier molecular flexibility index (Phi) is 5.43. The van der Waals surface area contributed by atoms with Crippen molar-refractivity contribution >= 4 is 5.71 Å². The predicted molar refractivity (Wildman–Crippen MR) is 96.0 cm³/mol. The number of nitrogens with zero attached hydrogens (tertiary/aromatic N) is 2. The molecule has 0 aliphatic carbocycles. The van der Waals surface area contributed by atoms with Crippen LogP contribution in [0, 0.1) is 11.7 Å². The first-order valence-corrected chi connectivity index (χ1v) is 8.40. The lowest BCUT2D eigenvalue weighted by atomic mass is 9.78. The van der Waals surface area contributed by atoms with E-state index >= 15 is 0 Å². The van der Waals surface area contributed by atoms with Crippen LogP contribution in [0.15, 0.2) is 29.5 Å². The minimum Gasteiger partial charge on any atom is -0.474 e. The summed E-state index contributed by atoms with van der Waals surface area (Å²) in [6.07, 6.45) is 6.98. The van der Waals surface area contributed by atoms with Gasteiger partial charge in [-0.3, -0.25) is 4.99 Å². The van der Waals surface area contributed by atoms with Crippen molar-refractivity contribution in [3.05, 3.63) is 35.9 Å². The number of pyridine rings is 1. The molecule has 24 heavy (non-hydrogen) atoms. The molecular formula is C19H28FN3O. The fourth-order valence-electron chi connectivity index (χ4n) is 3.23. The van der Waals surface area contributed by atoms with Gasteiger partial charge in [-0.1, -0.05) is 26.8 Å². The maximum atomic E-state index is 14.4. The third-order valence-corrected chi connectivity index (χ3v) is 4.24. The molecular weight excluding hydrogens is 305 g/mol. The van der Waals surface area contributed by atoms with Crippen molar-refractivity contribution in [3.63, 3.8) is 0 Å². The summed E-state index contributed by atoms with van der Waals surface area (Å²) in [4.78, 5) is 8.43. The first kappa shape index (κ1) is 18.6. The summed E-state index contributed by atoms with van der Waals surface area (Å²) < 4.78 is 20.0. The summed E-state index contributed by atoms with van der Waals surface area (Å²) in [6.45, 7) is 10.4. The molecule has 0 bridgehead atoms. The van der Waals surface area contributed by atoms with Crippen molar-refractivity contribution in [3.8, 4) is 5.88 Å². The highest BCUT2D eigenvalue weighted by atomic mass is 19.1. The van der Waals surface area contributed by atoms with Crippen LogP contribution >= 0.6 is 0 Å². The summed E-state index contributed by atoms with van der Waals surface area (Å²) in [5.41, 5.74) is 7.24. The van der Waals surface area contributed by atoms with Crippen LogP contribution in [0.5, 0.6) is 5.88 Å². The highest BCUT2D eigenvalue weighted by Crippen LogP contribution is 2.33. The number of hydrogen-bond acceptors (Lipinski definition) is 4. The average Bonchev–Trinajstić information content (AvgIpc) is 2.44. The molecule has 0 saturated carbocycles. The summed E-state index contributed by atoms with van der Waals surface area (Å²) in [5, 5.41) is 0. The van der Waals surface area contributed by atoms with Crippen molar-refractivity contribution in [1.29, 1.82) is 0 Å². The smallest absolute Gasteiger partial charge is 0.250 e. The van der Waals surface area contributed by atoms with Gasteiger partial charge in [-0.05, 0) is 44.2 Å². The minimum absolute atomic E-state index is 0.00737. The molecule has 1 aliphatic rings. The Morgan fingerprint density at radius 2 is 2.17 bits per heavy atom. The lowest BCUT2D eigenvalue weighted by molar-refractivity contribution is 0.193. The zero-order valence-electron chi connectivity index (χ0n) is 15.3. The van der Waals surface area contributed by atoms with Gasteiger partial charge >= 0.3 is 0 Å². The fourth-order valence-corrected chi connectivity index (χ4v) is 3.23. The molecule has 0 saturated heterocycles. The van der Waals surface area contributed by atoms with E-state index in [1.807, 2.05) is 19.9 Å². The van der Waals surface area contributed by atoms with Crippen molar-refractivity contribution in [2.24, 2.45) is 16.6 Å². The Hall–Kier alpha value is -1.75. The highest BCUT2D eigenvalue weighted by molar-refractivity contribution is 5.85. The molecule has 0 aromatic carbocycles. The molecule has 0 spiro atoms. The van der Waals surface area contributed by atoms with E-state index in [-0.39, 0.29) is 17.9 Å². The van der Waals surface area contributed by atoms with Crippen molar-refractivity contribution in [2.45, 2.75) is 58.4 Å². The number of ether oxygens (including phenoxy) is 1. The van der Waals surface area contributed by atoms with Gasteiger partial charge in [-0.25, -0.2) is 9.37 Å². The topological polar surface area (TPSA) is 60.5 Å². The Balaban J connectivity index is 2.10. The van der Waals surface area contributed by atoms with Gasteiger partial charge < -0.3 is 10.5 Å². The van der Waals surface area contributed by atoms with Crippen molar-refractivity contribution < 1.29 is 9.13 Å². The maximum absolute atomic E-state index is 14.4. The van der Waals surface area contributed by atoms with Gasteiger partial charge in [0, 0.05) is 29.1 Å². The molecule has 0 amide bonds. The average molecular weight is 333 g/mol. The molecule has 1 aliphatic heterocycles. The van der Waals surface area contributed by atoms with Crippen LogP contribution in [0.4, 0.5) is 4.39 Å². The second kappa shape index (κ2) is 7.01. The van der Waals surface area contributed by atoms with Gasteiger partial charge in [-0.2, -0.15) is 0 Å². The van der Waals surface area contributed by atoms with Gasteiger partial charge in [-0.15, -0.1) is 0 Å². The van der Waals surface area contributed by atoms with Gasteiger partial charge in [0.05, 0.1) is 0 Å². The molecule has 0 fully saturated rings. The zero-order valence-corrected chi connectivity index (χ0v) is 15.3. The van der Waals surface area contributed by atoms with Crippen LogP contribution in [-0.4, -0.2) is 22.8 Å². The number of allylic oxidation sites excluding steroid dienone is 1. The third kappa shape index (κ3) is 4.63. The summed E-state index contributed by atoms with van der Waals surface area (Å²) in [6, 6.07) is 1.50. The van der Waals surface area contributed by atoms with Crippen molar-refractivity contribution in [1.82, 2.24) is 4.98 Å². The maximum Gasteiger partial charge on any atom is 0.250 e. The van der Waals surface area contributed by atoms with Crippen LogP contribution in [0.1, 0.15) is 53.0 Å². The third-order valence-electron chi connectivity index (χ3n) is 4.24. The van der Waals surface area contributed by atoms with Crippen LogP contribution in [0.3, 0.4) is 0 Å². The van der Waals surface area contributed by atoms with Crippen LogP contribution in [0.2, 0.25) is 0 Å². The quantitative estimate of drug-likeness (QED) is 0.856. The fraction of sp³-hybridized carbons (Fsp3) is 0.579. The Bertz CT molecular complexity index is 652. The van der Waals surface area contributed by atoms with E-state index in [1.54, 1.807) is 12.4 Å². The van der Waals surface area contributed by atoms with Gasteiger partial charge in [0.15, 0.2) is 5.82 Å². The summed E-state index contributed by atoms with van der Waals surface area (Å²) >= 11 is 0. The molecule has 2 rings (SSSR count). The minimum atomic E-state index is -0.507. The van der Waals surface area contributed by atoms with E-state index < -0.39 is 11.4 Å². The molecule has 1 aromatic rings. The zero-order chi connectivity index (χ0) is 18.0. The Morgan fingerprint density at radius 1 is 1.46 bits per heavy atom. The van der Waals surface area contributed by atoms with Crippen LogP contribution in [0.25, 0.3) is 0 Å². The van der Waals surface area contributed by atoms with Gasteiger partial charge in [0.1, 0.15) is 6.61 Å². The van der Waals surface area contributed by atoms with E-state index in [0.717, 1.165) is 24.1 Å². The van der Waals surface area contributed by atoms with E-state index in [9.17, 15) is 4.39 Å². The first-order valence-electron chi connectivity index (χ1n) is 8.40. The van der Waals surface area contributed by atoms with Crippen molar-refractivity contribution in [2.75, 3.05) is 6.61 Å². The first-order chi connectivity index (χ1) is 11.1. The number of rotatable bonds is 6. The predicted octanol–water partition coefficient (Wildman–Crippen LogP) is 4.00. The number of aliphatic imine (C=N–C) groups is 1. The molecule has 2 unspecified atom stereocenters. The second-order valence-electron chi connectivity index (χ2n) is 7.83. The number of hydrogen-bond donors (Lipinski definition) is 1. The number of halogens is 1. The van der Waals surface area contributed by atoms with E-state index in [4.69, 9.17) is 10.5 Å². The molecule has 2 N–H and O–H groups in total. The lowest BCUT2D eigenvalue weighted by Crippen LogP contribution is -2.43. The number of aromatic nitrogens is 1. The summed E-state index contributed by atoms with van der Waals surface area (Å²) in [5.74, 6) is 0.00215. The van der Waals surface area contributed by atoms with Crippen LogP contribution < -0.4 is 10.5 Å². The normalized spacial score (nSPS) is 23.1. The standard InChI is InChI=1S/C19H28FN3O/c1-13(2)9-19(5,21)12-24-17-16(20)8-15(11-23-17)18(4)6-7-22-14(3)10-18/h6-8,11,13H,9-10,12,21H2,1-5H3. The Morgan fingerprint density at radius 3 is 2.75 bits per heavy atom. The van der Waals surface area contributed by atoms with Gasteiger partial charge in [0.25, 0.3) is 0 Å². The second-order valence-corrected chi connectivity index (χ2v) is 7.83. The molecule has 2 heterocycles. The van der Waals surface area contributed by atoms with Crippen LogP contribution in [-0.2, 0) is 5.41 Å². The van der Waals surface area contributed by atoms with E-state index in [2.05, 4.69) is 30.7 Å². The molecule has 132 valence electrons. The molecule has 2 atom stereocenters. The van der Waals surface area contributed by atoms with E-state index in [1.165, 1.54) is 6.07 Å². The molecule has 1 aromatic heterocycles. The monoisotopic (exact) mass is 333 g/mol. The SMILES string of the molecule is CC1=NC=CC(C)(c2cnc(OCC(C)(N)CC(C)C)c(F)c2)C1. The van der Waals surface area contributed by atoms with E-state index in [0.29, 0.717) is 5.92 Å². The Labute approximate surface area is 144 Å². The largest absolute Gasteiger partial charge is 0.474 e. The lowest BCUT2D eigenvalue weighted by Gasteiger charge is -2.29. The number of nitrogens with two attached hydrogens (primary N) is 1. The molecule has 4 nitrogen and oxygen atoms in total.